The first-order valence-electron chi connectivity index (χ1n) is 6.92. The number of hydrogen-bond donors (Lipinski definition) is 1. The molecule has 0 fully saturated rings. The normalized spacial score (nSPS) is 10.7. The van der Waals surface area contributed by atoms with Crippen molar-refractivity contribution in [2.45, 2.75) is 19.6 Å². The molecule has 0 aromatic heterocycles. The lowest BCUT2D eigenvalue weighted by Gasteiger charge is -2.07. The molecule has 106 valence electrons. The number of benzene rings is 2. The van der Waals surface area contributed by atoms with Crippen LogP contribution in [0.25, 0.3) is 0 Å². The van der Waals surface area contributed by atoms with Crippen LogP contribution in [0, 0.1) is 0 Å². The Labute approximate surface area is 125 Å². The van der Waals surface area contributed by atoms with Gasteiger partial charge < -0.3 is 10.1 Å². The Hall–Kier alpha value is -1.35. The summed E-state index contributed by atoms with van der Waals surface area (Å²) in [5.74, 6) is 0. The van der Waals surface area contributed by atoms with Crippen LogP contribution in [0.1, 0.15) is 17.5 Å². The van der Waals surface area contributed by atoms with E-state index < -0.39 is 0 Å². The summed E-state index contributed by atoms with van der Waals surface area (Å²) in [6, 6.07) is 18.2. The summed E-state index contributed by atoms with van der Waals surface area (Å²) >= 11 is 6.06. The smallest absolute Gasteiger partial charge is 0.0731 e. The van der Waals surface area contributed by atoms with E-state index in [9.17, 15) is 0 Å². The molecule has 2 nitrogen and oxygen atoms in total. The molecule has 0 saturated heterocycles. The molecular weight excluding hydrogens is 270 g/mol. The highest BCUT2D eigenvalue weighted by Gasteiger charge is 1.98. The summed E-state index contributed by atoms with van der Waals surface area (Å²) in [6.45, 7) is 3.19. The molecule has 0 heterocycles. The maximum absolute atomic E-state index is 6.06. The largest absolute Gasteiger partial charge is 0.377 e. The van der Waals surface area contributed by atoms with E-state index in [0.29, 0.717) is 6.61 Å². The van der Waals surface area contributed by atoms with E-state index in [-0.39, 0.29) is 0 Å². The zero-order valence-electron chi connectivity index (χ0n) is 11.5. The van der Waals surface area contributed by atoms with Gasteiger partial charge in [0.25, 0.3) is 0 Å². The molecule has 2 rings (SSSR count). The van der Waals surface area contributed by atoms with Crippen LogP contribution in [0.4, 0.5) is 0 Å². The van der Waals surface area contributed by atoms with Gasteiger partial charge in [0.15, 0.2) is 0 Å². The fourth-order valence-corrected chi connectivity index (χ4v) is 2.12. The van der Waals surface area contributed by atoms with Gasteiger partial charge in [-0.25, -0.2) is 0 Å². The van der Waals surface area contributed by atoms with Crippen molar-refractivity contribution < 1.29 is 4.74 Å². The van der Waals surface area contributed by atoms with Crippen molar-refractivity contribution in [3.8, 4) is 0 Å². The lowest BCUT2D eigenvalue weighted by Crippen LogP contribution is -2.16. The second kappa shape index (κ2) is 8.75. The van der Waals surface area contributed by atoms with Gasteiger partial charge in [-0.05, 0) is 30.2 Å². The molecule has 0 bridgehead atoms. The first-order chi connectivity index (χ1) is 9.86. The summed E-state index contributed by atoms with van der Waals surface area (Å²) < 4.78 is 5.63. The lowest BCUT2D eigenvalue weighted by molar-refractivity contribution is 0.118. The Morgan fingerprint density at radius 2 is 1.70 bits per heavy atom. The van der Waals surface area contributed by atoms with E-state index in [1.54, 1.807) is 0 Å². The van der Waals surface area contributed by atoms with Gasteiger partial charge in [-0.1, -0.05) is 60.1 Å². The monoisotopic (exact) mass is 289 g/mol. The summed E-state index contributed by atoms with van der Waals surface area (Å²) in [5, 5.41) is 4.18. The molecule has 0 spiro atoms. The molecule has 0 radical (unpaired) electrons. The maximum Gasteiger partial charge on any atom is 0.0731 e. The van der Waals surface area contributed by atoms with E-state index in [1.807, 2.05) is 30.3 Å². The molecule has 0 aliphatic heterocycles. The van der Waals surface area contributed by atoms with Crippen molar-refractivity contribution in [2.24, 2.45) is 0 Å². The van der Waals surface area contributed by atoms with Crippen LogP contribution in [0.5, 0.6) is 0 Å². The van der Waals surface area contributed by atoms with Crippen LogP contribution >= 0.6 is 11.6 Å². The van der Waals surface area contributed by atoms with Gasteiger partial charge in [-0.15, -0.1) is 0 Å². The van der Waals surface area contributed by atoms with E-state index in [4.69, 9.17) is 16.3 Å². The third kappa shape index (κ3) is 5.33. The van der Waals surface area contributed by atoms with Crippen molar-refractivity contribution in [3.05, 3.63) is 70.7 Å². The third-order valence-corrected chi connectivity index (χ3v) is 3.40. The Morgan fingerprint density at radius 1 is 0.950 bits per heavy atom. The van der Waals surface area contributed by atoms with Crippen molar-refractivity contribution >= 4 is 11.6 Å². The highest BCUT2D eigenvalue weighted by atomic mass is 35.5. The first kappa shape index (κ1) is 15.0. The third-order valence-electron chi connectivity index (χ3n) is 3.03. The average molecular weight is 290 g/mol. The van der Waals surface area contributed by atoms with E-state index in [1.165, 1.54) is 5.56 Å². The van der Waals surface area contributed by atoms with Gasteiger partial charge in [-0.3, -0.25) is 0 Å². The zero-order valence-corrected chi connectivity index (χ0v) is 12.3. The van der Waals surface area contributed by atoms with Gasteiger partial charge in [0, 0.05) is 18.2 Å². The van der Waals surface area contributed by atoms with Crippen LogP contribution < -0.4 is 5.32 Å². The summed E-state index contributed by atoms with van der Waals surface area (Å²) in [4.78, 5) is 0. The maximum atomic E-state index is 6.06. The van der Waals surface area contributed by atoms with Crippen molar-refractivity contribution in [3.63, 3.8) is 0 Å². The highest BCUT2D eigenvalue weighted by Crippen LogP contribution is 2.15. The second-order valence-corrected chi connectivity index (χ2v) is 5.07. The van der Waals surface area contributed by atoms with Crippen molar-refractivity contribution in [1.82, 2.24) is 5.32 Å². The number of halogens is 1. The van der Waals surface area contributed by atoms with E-state index >= 15 is 0 Å². The fourth-order valence-electron chi connectivity index (χ4n) is 1.93. The molecule has 0 atom stereocenters. The molecule has 0 aliphatic carbocycles. The van der Waals surface area contributed by atoms with Crippen molar-refractivity contribution in [1.29, 1.82) is 0 Å². The Balaban J connectivity index is 1.53. The lowest BCUT2D eigenvalue weighted by atomic mass is 10.2. The fraction of sp³-hybridized carbons (Fsp3) is 0.294. The van der Waals surface area contributed by atoms with E-state index in [0.717, 1.165) is 36.7 Å². The van der Waals surface area contributed by atoms with Gasteiger partial charge in [0.05, 0.1) is 6.61 Å². The Bertz CT molecular complexity index is 501. The number of hydrogen-bond acceptors (Lipinski definition) is 2. The molecule has 0 saturated carbocycles. The summed E-state index contributed by atoms with van der Waals surface area (Å²) in [7, 11) is 0. The number of nitrogens with one attached hydrogen (secondary N) is 1. The standard InChI is InChI=1S/C17H20ClNO/c18-17-10-5-4-9-16(17)14-20-12-6-11-19-13-15-7-2-1-3-8-15/h1-5,7-10,19H,6,11-14H2. The van der Waals surface area contributed by atoms with Crippen LogP contribution in [0.3, 0.4) is 0 Å². The molecular formula is C17H20ClNO. The first-order valence-corrected chi connectivity index (χ1v) is 7.30. The van der Waals surface area contributed by atoms with E-state index in [2.05, 4.69) is 29.6 Å². The van der Waals surface area contributed by atoms with Gasteiger partial charge in [0.1, 0.15) is 0 Å². The minimum atomic E-state index is 0.582. The SMILES string of the molecule is Clc1ccccc1COCCCNCc1ccccc1. The minimum absolute atomic E-state index is 0.582. The van der Waals surface area contributed by atoms with Crippen molar-refractivity contribution in [2.75, 3.05) is 13.2 Å². The quantitative estimate of drug-likeness (QED) is 0.741. The predicted molar refractivity (Wildman–Crippen MR) is 83.9 cm³/mol. The second-order valence-electron chi connectivity index (χ2n) is 4.66. The molecule has 3 heteroatoms. The summed E-state index contributed by atoms with van der Waals surface area (Å²) in [5.41, 5.74) is 2.36. The molecule has 1 N–H and O–H groups in total. The Kier molecular flexibility index (Phi) is 6.58. The van der Waals surface area contributed by atoms with Crippen LogP contribution in [-0.4, -0.2) is 13.2 Å². The number of rotatable bonds is 8. The molecule has 2 aromatic carbocycles. The summed E-state index contributed by atoms with van der Waals surface area (Å²) in [6.07, 6.45) is 0.997. The van der Waals surface area contributed by atoms with Crippen LogP contribution in [0.15, 0.2) is 54.6 Å². The van der Waals surface area contributed by atoms with Crippen LogP contribution in [-0.2, 0) is 17.9 Å². The van der Waals surface area contributed by atoms with Gasteiger partial charge >= 0.3 is 0 Å². The average Bonchev–Trinajstić information content (AvgIpc) is 2.49. The molecule has 20 heavy (non-hydrogen) atoms. The minimum Gasteiger partial charge on any atom is -0.377 e. The molecule has 2 aromatic rings. The number of ether oxygens (including phenoxy) is 1. The Morgan fingerprint density at radius 3 is 2.50 bits per heavy atom. The zero-order chi connectivity index (χ0) is 14.0. The topological polar surface area (TPSA) is 21.3 Å². The molecule has 0 unspecified atom stereocenters. The molecule has 0 aliphatic rings. The predicted octanol–water partition coefficient (Wildman–Crippen LogP) is 4.04. The van der Waals surface area contributed by atoms with Crippen LogP contribution in [0.2, 0.25) is 5.02 Å². The van der Waals surface area contributed by atoms with Gasteiger partial charge in [0.2, 0.25) is 0 Å². The highest BCUT2D eigenvalue weighted by molar-refractivity contribution is 6.31. The molecule has 0 amide bonds. The van der Waals surface area contributed by atoms with Gasteiger partial charge in [-0.2, -0.15) is 0 Å².